The van der Waals surface area contributed by atoms with Crippen LogP contribution in [0.4, 0.5) is 0 Å². The average molecular weight is 177 g/mol. The molecule has 0 unspecified atom stereocenters. The Labute approximate surface area is 82.6 Å². The maximum absolute atomic E-state index is 4.12. The zero-order valence-corrected chi connectivity index (χ0v) is 7.64. The number of fused-ring (bicyclic) bond motifs is 2. The fourth-order valence-corrected chi connectivity index (χ4v) is 1.78. The van der Waals surface area contributed by atoms with E-state index in [0.717, 1.165) is 0 Å². The van der Waals surface area contributed by atoms with Crippen molar-refractivity contribution in [2.45, 2.75) is 0 Å². The van der Waals surface area contributed by atoms with Gasteiger partial charge >= 0.3 is 82.0 Å². The third-order valence-corrected chi connectivity index (χ3v) is 2.51. The number of rotatable bonds is 0. The van der Waals surface area contributed by atoms with E-state index in [1.165, 1.54) is 21.4 Å². The Kier molecular flexibility index (Phi) is 1.60. The van der Waals surface area contributed by atoms with Crippen molar-refractivity contribution in [2.75, 3.05) is 0 Å². The van der Waals surface area contributed by atoms with Crippen LogP contribution in [0.1, 0.15) is 0 Å². The molecule has 1 heterocycles. The van der Waals surface area contributed by atoms with Crippen molar-refractivity contribution < 1.29 is 0 Å². The number of benzene rings is 2. The van der Waals surface area contributed by atoms with E-state index in [0.29, 0.717) is 0 Å². The molecule has 14 heavy (non-hydrogen) atoms. The van der Waals surface area contributed by atoms with Crippen molar-refractivity contribution >= 4 is 28.5 Å². The molecule has 0 aliphatic rings. The maximum atomic E-state index is 4.12. The standard InChI is InChI=1S/C12H8BN/c1-2-4-10-8-12-11(5-6-14-13-12)7-9(10)3-1/h1-8H. The molecule has 0 aliphatic heterocycles. The monoisotopic (exact) mass is 177 g/mol. The molecule has 0 bridgehead atoms. The van der Waals surface area contributed by atoms with Crippen molar-refractivity contribution in [3.8, 4) is 0 Å². The van der Waals surface area contributed by atoms with Gasteiger partial charge in [-0.05, 0) is 0 Å². The molecule has 1 aromatic heterocycles. The summed E-state index contributed by atoms with van der Waals surface area (Å²) in [5.74, 6) is 0. The Morgan fingerprint density at radius 3 is 2.50 bits per heavy atom. The van der Waals surface area contributed by atoms with Gasteiger partial charge in [0.05, 0.1) is 0 Å². The van der Waals surface area contributed by atoms with E-state index in [9.17, 15) is 0 Å². The first kappa shape index (κ1) is 7.68. The Hall–Kier alpha value is -1.70. The average Bonchev–Trinajstić information content (AvgIpc) is 2.26. The van der Waals surface area contributed by atoms with Crippen molar-refractivity contribution in [1.29, 1.82) is 0 Å². The van der Waals surface area contributed by atoms with E-state index in [1.54, 1.807) is 0 Å². The molecule has 0 spiro atoms. The molecule has 0 amide bonds. The number of hydrogen-bond acceptors (Lipinski definition) is 1. The molecular weight excluding hydrogens is 169 g/mol. The van der Waals surface area contributed by atoms with Gasteiger partial charge in [0, 0.05) is 0 Å². The Balaban J connectivity index is 2.52. The van der Waals surface area contributed by atoms with Gasteiger partial charge in [-0.25, -0.2) is 0 Å². The first-order valence-corrected chi connectivity index (χ1v) is 4.66. The van der Waals surface area contributed by atoms with Crippen LogP contribution in [0.25, 0.3) is 21.4 Å². The van der Waals surface area contributed by atoms with Gasteiger partial charge in [0.25, 0.3) is 0 Å². The van der Waals surface area contributed by atoms with Crippen LogP contribution in [0.5, 0.6) is 0 Å². The summed E-state index contributed by atoms with van der Waals surface area (Å²) in [5.41, 5.74) is 0. The molecule has 0 fully saturated rings. The van der Waals surface area contributed by atoms with E-state index in [2.05, 4.69) is 41.3 Å². The van der Waals surface area contributed by atoms with Crippen LogP contribution in [0.15, 0.2) is 48.7 Å². The first-order valence-electron chi connectivity index (χ1n) is 4.66. The molecule has 64 valence electrons. The molecule has 3 rings (SSSR count). The predicted molar refractivity (Wildman–Crippen MR) is 60.6 cm³/mol. The molecule has 3 aromatic rings. The van der Waals surface area contributed by atoms with Crippen LogP contribution < -0.4 is 0 Å². The second-order valence-electron chi connectivity index (χ2n) is 3.42. The van der Waals surface area contributed by atoms with Gasteiger partial charge in [-0.1, -0.05) is 0 Å². The van der Waals surface area contributed by atoms with Crippen LogP contribution in [0, 0.1) is 0 Å². The number of aromatic nitrogens is 1. The van der Waals surface area contributed by atoms with Crippen molar-refractivity contribution in [3.63, 3.8) is 0 Å². The van der Waals surface area contributed by atoms with E-state index >= 15 is 0 Å². The molecule has 1 nitrogen and oxygen atoms in total. The molecule has 0 N–H and O–H groups in total. The van der Waals surface area contributed by atoms with Crippen LogP contribution in [0.2, 0.25) is 0 Å². The normalized spacial score (nSPS) is 10.6. The summed E-state index contributed by atoms with van der Waals surface area (Å²) in [6, 6.07) is 14.8. The van der Waals surface area contributed by atoms with Crippen molar-refractivity contribution in [3.05, 3.63) is 48.7 Å². The third kappa shape index (κ3) is 1.11. The van der Waals surface area contributed by atoms with Crippen LogP contribution >= 0.6 is 0 Å². The van der Waals surface area contributed by atoms with Gasteiger partial charge in [0.2, 0.25) is 0 Å². The van der Waals surface area contributed by atoms with Gasteiger partial charge in [-0.15, -0.1) is 0 Å². The first-order chi connectivity index (χ1) is 6.93. The molecule has 0 saturated heterocycles. The zero-order valence-electron chi connectivity index (χ0n) is 7.64. The number of hydrogen-bond donors (Lipinski definition) is 0. The summed E-state index contributed by atoms with van der Waals surface area (Å²) >= 11 is 0. The zero-order chi connectivity index (χ0) is 9.38. The Morgan fingerprint density at radius 1 is 0.857 bits per heavy atom. The second kappa shape index (κ2) is 2.91. The fraction of sp³-hybridized carbons (Fsp3) is 0. The van der Waals surface area contributed by atoms with Gasteiger partial charge < -0.3 is 0 Å². The van der Waals surface area contributed by atoms with Crippen molar-refractivity contribution in [2.24, 2.45) is 0 Å². The van der Waals surface area contributed by atoms with Gasteiger partial charge in [0.1, 0.15) is 0 Å². The van der Waals surface area contributed by atoms with Gasteiger partial charge in [-0.3, -0.25) is 0 Å². The molecule has 0 aliphatic carbocycles. The SMILES string of the molecule is b1nccc2cc3ccccc3cc12. The second-order valence-corrected chi connectivity index (χ2v) is 3.42. The Bertz CT molecular complexity index is 499. The summed E-state index contributed by atoms with van der Waals surface area (Å²) in [4.78, 5) is 4.12. The Morgan fingerprint density at radius 2 is 1.64 bits per heavy atom. The summed E-state index contributed by atoms with van der Waals surface area (Å²) in [5, 5.41) is 5.00. The summed E-state index contributed by atoms with van der Waals surface area (Å²) < 4.78 is 0. The number of nitrogens with zero attached hydrogens (tertiary/aromatic N) is 1. The van der Waals surface area contributed by atoms with E-state index < -0.39 is 0 Å². The fourth-order valence-electron chi connectivity index (χ4n) is 1.78. The molecular formula is C12H8BN. The van der Waals surface area contributed by atoms with Gasteiger partial charge in [0.15, 0.2) is 0 Å². The topological polar surface area (TPSA) is 12.9 Å². The van der Waals surface area contributed by atoms with E-state index in [1.807, 2.05) is 19.3 Å². The van der Waals surface area contributed by atoms with E-state index in [-0.39, 0.29) is 0 Å². The van der Waals surface area contributed by atoms with Crippen molar-refractivity contribution in [1.82, 2.24) is 4.89 Å². The van der Waals surface area contributed by atoms with E-state index in [4.69, 9.17) is 0 Å². The minimum atomic E-state index is 1.20. The minimum absolute atomic E-state index is 1.20. The quantitative estimate of drug-likeness (QED) is 0.481. The molecule has 0 saturated carbocycles. The third-order valence-electron chi connectivity index (χ3n) is 2.51. The van der Waals surface area contributed by atoms with Crippen LogP contribution in [-0.4, -0.2) is 11.9 Å². The van der Waals surface area contributed by atoms with Crippen LogP contribution in [0.3, 0.4) is 0 Å². The molecule has 2 aromatic carbocycles. The summed E-state index contributed by atoms with van der Waals surface area (Å²) in [6.45, 7) is 0. The summed E-state index contributed by atoms with van der Waals surface area (Å²) in [6.07, 6.45) is 1.83. The molecule has 2 heteroatoms. The summed E-state index contributed by atoms with van der Waals surface area (Å²) in [7, 11) is 1.90. The predicted octanol–water partition coefficient (Wildman–Crippen LogP) is 2.73. The van der Waals surface area contributed by atoms with Crippen LogP contribution in [-0.2, 0) is 0 Å². The molecule has 0 atom stereocenters. The molecule has 0 radical (unpaired) electrons. The van der Waals surface area contributed by atoms with Gasteiger partial charge in [-0.2, -0.15) is 0 Å².